The molecule has 0 unspecified atom stereocenters. The molecule has 0 spiro atoms. The van der Waals surface area contributed by atoms with E-state index < -0.39 is 0 Å². The monoisotopic (exact) mass is 419 g/mol. The lowest BCUT2D eigenvalue weighted by molar-refractivity contribution is -0.121. The highest BCUT2D eigenvalue weighted by Gasteiger charge is 2.17. The van der Waals surface area contributed by atoms with Gasteiger partial charge in [0, 0.05) is 43.8 Å². The molecule has 2 aromatic carbocycles. The fourth-order valence-corrected chi connectivity index (χ4v) is 4.02. The number of benzene rings is 2. The zero-order valence-corrected chi connectivity index (χ0v) is 18.0. The van der Waals surface area contributed by atoms with Crippen LogP contribution in [0.4, 0.5) is 5.69 Å². The van der Waals surface area contributed by atoms with Crippen molar-refractivity contribution in [3.05, 3.63) is 70.6 Å². The van der Waals surface area contributed by atoms with Gasteiger partial charge in [0.1, 0.15) is 6.54 Å². The highest BCUT2D eigenvalue weighted by Crippen LogP contribution is 2.17. The molecule has 1 saturated heterocycles. The van der Waals surface area contributed by atoms with Crippen LogP contribution in [0, 0.1) is 6.92 Å². The highest BCUT2D eigenvalue weighted by atomic mass is 16.2. The summed E-state index contributed by atoms with van der Waals surface area (Å²) in [6.45, 7) is 7.71. The molecule has 162 valence electrons. The molecule has 2 heterocycles. The van der Waals surface area contributed by atoms with Crippen LogP contribution >= 0.6 is 0 Å². The smallest absolute Gasteiger partial charge is 0.275 e. The number of aryl methyl sites for hydroxylation is 1. The van der Waals surface area contributed by atoms with Gasteiger partial charge in [-0.1, -0.05) is 30.3 Å². The number of piperazine rings is 1. The minimum absolute atomic E-state index is 0.0567. The van der Waals surface area contributed by atoms with Gasteiger partial charge in [0.2, 0.25) is 5.91 Å². The van der Waals surface area contributed by atoms with Crippen LogP contribution in [0.5, 0.6) is 0 Å². The van der Waals surface area contributed by atoms with Gasteiger partial charge in [-0.15, -0.1) is 0 Å². The molecule has 0 bridgehead atoms. The maximum absolute atomic E-state index is 12.5. The number of fused-ring (bicyclic) bond motifs is 1. The lowest BCUT2D eigenvalue weighted by atomic mass is 10.2. The normalized spacial score (nSPS) is 14.7. The van der Waals surface area contributed by atoms with E-state index in [0.717, 1.165) is 44.5 Å². The Morgan fingerprint density at radius 3 is 2.68 bits per heavy atom. The second-order valence-electron chi connectivity index (χ2n) is 8.07. The van der Waals surface area contributed by atoms with E-state index in [4.69, 9.17) is 0 Å². The molecule has 1 aromatic heterocycles. The first-order chi connectivity index (χ1) is 15.1. The van der Waals surface area contributed by atoms with Crippen molar-refractivity contribution in [1.82, 2.24) is 20.0 Å². The predicted octanol–water partition coefficient (Wildman–Crippen LogP) is 2.03. The van der Waals surface area contributed by atoms with Crippen LogP contribution in [0.3, 0.4) is 0 Å². The molecule has 0 saturated carbocycles. The SMILES string of the molecule is Cc1cccc(N2CCN(CCCNC(=O)Cn3ncc4ccccc4c3=O)CC2)c1. The van der Waals surface area contributed by atoms with Crippen LogP contribution in [0.15, 0.2) is 59.5 Å². The summed E-state index contributed by atoms with van der Waals surface area (Å²) in [6, 6.07) is 15.9. The zero-order chi connectivity index (χ0) is 21.6. The topological polar surface area (TPSA) is 70.5 Å². The van der Waals surface area contributed by atoms with Gasteiger partial charge in [-0.25, -0.2) is 4.68 Å². The van der Waals surface area contributed by atoms with Crippen molar-refractivity contribution in [2.75, 3.05) is 44.2 Å². The zero-order valence-electron chi connectivity index (χ0n) is 18.0. The summed E-state index contributed by atoms with van der Waals surface area (Å²) in [5.74, 6) is -0.186. The van der Waals surface area contributed by atoms with Gasteiger partial charge in [0.05, 0.1) is 11.6 Å². The molecule has 1 aliphatic heterocycles. The number of hydrogen-bond acceptors (Lipinski definition) is 5. The second kappa shape index (κ2) is 9.75. The summed E-state index contributed by atoms with van der Waals surface area (Å²) >= 11 is 0. The first-order valence-electron chi connectivity index (χ1n) is 10.9. The number of amides is 1. The molecule has 0 radical (unpaired) electrons. The second-order valence-corrected chi connectivity index (χ2v) is 8.07. The molecule has 7 nitrogen and oxygen atoms in total. The van der Waals surface area contributed by atoms with Gasteiger partial charge in [-0.05, 0) is 43.7 Å². The number of nitrogens with zero attached hydrogens (tertiary/aromatic N) is 4. The van der Waals surface area contributed by atoms with Gasteiger partial charge in [0.25, 0.3) is 5.56 Å². The Bertz CT molecular complexity index is 1100. The maximum atomic E-state index is 12.5. The van der Waals surface area contributed by atoms with Crippen molar-refractivity contribution >= 4 is 22.4 Å². The van der Waals surface area contributed by atoms with Crippen LogP contribution in [0.25, 0.3) is 10.8 Å². The lowest BCUT2D eigenvalue weighted by Gasteiger charge is -2.36. The molecule has 1 aliphatic rings. The average molecular weight is 420 g/mol. The van der Waals surface area contributed by atoms with E-state index in [9.17, 15) is 9.59 Å². The molecule has 7 heteroatoms. The number of hydrogen-bond donors (Lipinski definition) is 1. The van der Waals surface area contributed by atoms with Crippen molar-refractivity contribution in [2.24, 2.45) is 0 Å². The Hall–Kier alpha value is -3.19. The molecule has 4 rings (SSSR count). The number of aromatic nitrogens is 2. The Morgan fingerprint density at radius 1 is 1.06 bits per heavy atom. The minimum Gasteiger partial charge on any atom is -0.369 e. The van der Waals surface area contributed by atoms with E-state index in [1.54, 1.807) is 12.3 Å². The summed E-state index contributed by atoms with van der Waals surface area (Å²) in [6.07, 6.45) is 2.51. The number of nitrogens with one attached hydrogen (secondary N) is 1. The largest absolute Gasteiger partial charge is 0.369 e. The molecular formula is C24H29N5O2. The van der Waals surface area contributed by atoms with E-state index in [2.05, 4.69) is 51.4 Å². The van der Waals surface area contributed by atoms with Gasteiger partial charge in [-0.3, -0.25) is 14.5 Å². The fourth-order valence-electron chi connectivity index (χ4n) is 4.02. The summed E-state index contributed by atoms with van der Waals surface area (Å²) in [5.41, 5.74) is 2.35. The Morgan fingerprint density at radius 2 is 1.87 bits per heavy atom. The Kier molecular flexibility index (Phi) is 6.62. The molecule has 0 aliphatic carbocycles. The van der Waals surface area contributed by atoms with Crippen molar-refractivity contribution < 1.29 is 4.79 Å². The van der Waals surface area contributed by atoms with Crippen molar-refractivity contribution in [3.63, 3.8) is 0 Å². The van der Waals surface area contributed by atoms with E-state index in [1.165, 1.54) is 15.9 Å². The molecule has 31 heavy (non-hydrogen) atoms. The molecule has 3 aromatic rings. The first-order valence-corrected chi connectivity index (χ1v) is 10.9. The third-order valence-electron chi connectivity index (χ3n) is 5.77. The number of carbonyl (C=O) groups excluding carboxylic acids is 1. The van der Waals surface area contributed by atoms with Crippen molar-refractivity contribution in [3.8, 4) is 0 Å². The number of carbonyl (C=O) groups is 1. The fraction of sp³-hybridized carbons (Fsp3) is 0.375. The van der Waals surface area contributed by atoms with Gasteiger partial charge in [-0.2, -0.15) is 5.10 Å². The highest BCUT2D eigenvalue weighted by molar-refractivity contribution is 5.81. The minimum atomic E-state index is -0.236. The number of rotatable bonds is 7. The summed E-state index contributed by atoms with van der Waals surface area (Å²) < 4.78 is 1.22. The summed E-state index contributed by atoms with van der Waals surface area (Å²) in [7, 11) is 0. The summed E-state index contributed by atoms with van der Waals surface area (Å²) in [5, 5.41) is 8.39. The van der Waals surface area contributed by atoms with Crippen LogP contribution < -0.4 is 15.8 Å². The third-order valence-corrected chi connectivity index (χ3v) is 5.77. The maximum Gasteiger partial charge on any atom is 0.275 e. The average Bonchev–Trinajstić information content (AvgIpc) is 2.79. The Labute approximate surface area is 182 Å². The third kappa shape index (κ3) is 5.30. The summed E-state index contributed by atoms with van der Waals surface area (Å²) in [4.78, 5) is 29.6. The molecule has 0 atom stereocenters. The van der Waals surface area contributed by atoms with E-state index in [-0.39, 0.29) is 18.0 Å². The molecular weight excluding hydrogens is 390 g/mol. The molecule has 1 N–H and O–H groups in total. The molecule has 1 fully saturated rings. The first kappa shape index (κ1) is 21.1. The molecule has 1 amide bonds. The van der Waals surface area contributed by atoms with E-state index in [0.29, 0.717) is 11.9 Å². The van der Waals surface area contributed by atoms with Gasteiger partial charge >= 0.3 is 0 Å². The quantitative estimate of drug-likeness (QED) is 0.594. The standard InChI is InChI=1S/C24H29N5O2/c1-19-6-4-8-21(16-19)28-14-12-27(13-15-28)11-5-10-25-23(30)18-29-24(31)22-9-3-2-7-20(22)17-26-29/h2-4,6-9,16-17H,5,10-15,18H2,1H3,(H,25,30). The van der Waals surface area contributed by atoms with Crippen LogP contribution in [0.2, 0.25) is 0 Å². The van der Waals surface area contributed by atoms with Crippen molar-refractivity contribution in [1.29, 1.82) is 0 Å². The van der Waals surface area contributed by atoms with Crippen LogP contribution in [-0.4, -0.2) is 59.9 Å². The predicted molar refractivity (Wildman–Crippen MR) is 123 cm³/mol. The lowest BCUT2D eigenvalue weighted by Crippen LogP contribution is -2.47. The van der Waals surface area contributed by atoms with Gasteiger partial charge < -0.3 is 10.2 Å². The van der Waals surface area contributed by atoms with Crippen LogP contribution in [-0.2, 0) is 11.3 Å². The van der Waals surface area contributed by atoms with E-state index in [1.807, 2.05) is 18.2 Å². The Balaban J connectivity index is 1.18. The number of anilines is 1. The van der Waals surface area contributed by atoms with Crippen LogP contribution in [0.1, 0.15) is 12.0 Å². The van der Waals surface area contributed by atoms with Crippen molar-refractivity contribution in [2.45, 2.75) is 19.9 Å². The van der Waals surface area contributed by atoms with E-state index >= 15 is 0 Å². The van der Waals surface area contributed by atoms with Gasteiger partial charge in [0.15, 0.2) is 0 Å².